The summed E-state index contributed by atoms with van der Waals surface area (Å²) in [6, 6.07) is 9.34. The molecule has 0 saturated carbocycles. The van der Waals surface area contributed by atoms with Crippen LogP contribution in [0.15, 0.2) is 36.4 Å². The van der Waals surface area contributed by atoms with Crippen LogP contribution in [0.2, 0.25) is 0 Å². The van der Waals surface area contributed by atoms with Crippen LogP contribution in [0, 0.1) is 19.7 Å². The molecule has 0 saturated heterocycles. The number of hydrogen-bond donors (Lipinski definition) is 0. The summed E-state index contributed by atoms with van der Waals surface area (Å²) in [5.41, 5.74) is 3.64. The molecule has 0 atom stereocenters. The molecule has 0 aromatic heterocycles. The number of halogens is 1. The molecule has 29 heavy (non-hydrogen) atoms. The van der Waals surface area contributed by atoms with Gasteiger partial charge in [0.2, 0.25) is 11.8 Å². The Labute approximate surface area is 168 Å². The van der Waals surface area contributed by atoms with Crippen LogP contribution >= 0.6 is 0 Å². The number of ether oxygens (including phenoxy) is 1. The number of aryl methyl sites for hydroxylation is 2. The SMILES string of the molecule is CCOC(=O)CN1C(=O)CN(C(=O)Cc2ccc(F)cc2)c2cc(C)c(C)cc21. The minimum Gasteiger partial charge on any atom is -0.465 e. The van der Waals surface area contributed by atoms with Gasteiger partial charge < -0.3 is 9.64 Å². The molecule has 0 bridgehead atoms. The Hall–Kier alpha value is -3.22. The van der Waals surface area contributed by atoms with Gasteiger partial charge in [0.1, 0.15) is 18.9 Å². The van der Waals surface area contributed by atoms with E-state index in [1.165, 1.54) is 21.9 Å². The molecule has 152 valence electrons. The normalized spacial score (nSPS) is 13.3. The molecule has 0 N–H and O–H groups in total. The number of esters is 1. The van der Waals surface area contributed by atoms with Crippen LogP contribution in [0.4, 0.5) is 15.8 Å². The van der Waals surface area contributed by atoms with Gasteiger partial charge in [-0.3, -0.25) is 19.3 Å². The third kappa shape index (κ3) is 4.45. The molecule has 1 aliphatic rings. The Morgan fingerprint density at radius 1 is 1.07 bits per heavy atom. The fraction of sp³-hybridized carbons (Fsp3) is 0.318. The average Bonchev–Trinajstić information content (AvgIpc) is 2.67. The van der Waals surface area contributed by atoms with Gasteiger partial charge in [-0.15, -0.1) is 0 Å². The molecule has 3 rings (SSSR count). The smallest absolute Gasteiger partial charge is 0.326 e. The Balaban J connectivity index is 1.94. The van der Waals surface area contributed by atoms with Crippen molar-refractivity contribution in [3.63, 3.8) is 0 Å². The summed E-state index contributed by atoms with van der Waals surface area (Å²) in [5.74, 6) is -1.51. The summed E-state index contributed by atoms with van der Waals surface area (Å²) < 4.78 is 18.1. The van der Waals surface area contributed by atoms with Gasteiger partial charge in [-0.25, -0.2) is 4.39 Å². The standard InChI is InChI=1S/C22H23FN2O4/c1-4-29-22(28)13-25-19-10-15(3)14(2)9-18(19)24(12-21(25)27)20(26)11-16-5-7-17(23)8-6-16/h5-10H,4,11-13H2,1-3H3. The highest BCUT2D eigenvalue weighted by Gasteiger charge is 2.34. The predicted octanol–water partition coefficient (Wildman–Crippen LogP) is 2.93. The first kappa shape index (κ1) is 20.5. The lowest BCUT2D eigenvalue weighted by Gasteiger charge is -2.36. The summed E-state index contributed by atoms with van der Waals surface area (Å²) in [6.45, 7) is 5.37. The van der Waals surface area contributed by atoms with Crippen molar-refractivity contribution >= 4 is 29.2 Å². The molecular weight excluding hydrogens is 375 g/mol. The van der Waals surface area contributed by atoms with E-state index in [4.69, 9.17) is 4.74 Å². The van der Waals surface area contributed by atoms with Crippen molar-refractivity contribution in [2.75, 3.05) is 29.5 Å². The molecule has 7 heteroatoms. The lowest BCUT2D eigenvalue weighted by Crippen LogP contribution is -2.50. The van der Waals surface area contributed by atoms with Crippen LogP contribution < -0.4 is 9.80 Å². The highest BCUT2D eigenvalue weighted by molar-refractivity contribution is 6.13. The summed E-state index contributed by atoms with van der Waals surface area (Å²) >= 11 is 0. The second kappa shape index (κ2) is 8.43. The van der Waals surface area contributed by atoms with E-state index in [1.54, 1.807) is 25.1 Å². The van der Waals surface area contributed by atoms with Crippen molar-refractivity contribution in [1.82, 2.24) is 0 Å². The minimum absolute atomic E-state index is 0.0395. The monoisotopic (exact) mass is 398 g/mol. The van der Waals surface area contributed by atoms with Crippen LogP contribution in [0.1, 0.15) is 23.6 Å². The van der Waals surface area contributed by atoms with Crippen molar-refractivity contribution in [2.45, 2.75) is 27.2 Å². The third-order valence-electron chi connectivity index (χ3n) is 4.93. The summed E-state index contributed by atoms with van der Waals surface area (Å²) in [4.78, 5) is 40.5. The van der Waals surface area contributed by atoms with Gasteiger partial charge in [0, 0.05) is 0 Å². The molecule has 0 radical (unpaired) electrons. The van der Waals surface area contributed by atoms with Crippen LogP contribution in [0.3, 0.4) is 0 Å². The van der Waals surface area contributed by atoms with Gasteiger partial charge in [0.25, 0.3) is 0 Å². The van der Waals surface area contributed by atoms with Crippen LogP contribution in [-0.2, 0) is 25.5 Å². The highest BCUT2D eigenvalue weighted by atomic mass is 19.1. The number of carbonyl (C=O) groups is 3. The van der Waals surface area contributed by atoms with Gasteiger partial charge in [-0.1, -0.05) is 12.1 Å². The molecule has 6 nitrogen and oxygen atoms in total. The number of amides is 2. The topological polar surface area (TPSA) is 66.9 Å². The Kier molecular flexibility index (Phi) is 5.96. The van der Waals surface area contributed by atoms with Gasteiger partial charge in [0.05, 0.1) is 24.4 Å². The number of hydrogen-bond acceptors (Lipinski definition) is 4. The summed E-state index contributed by atoms with van der Waals surface area (Å²) in [5, 5.41) is 0. The van der Waals surface area contributed by atoms with E-state index in [9.17, 15) is 18.8 Å². The van der Waals surface area contributed by atoms with Crippen LogP contribution in [-0.4, -0.2) is 37.5 Å². The number of anilines is 2. The summed E-state index contributed by atoms with van der Waals surface area (Å²) in [6.07, 6.45) is 0.0395. The molecule has 0 fully saturated rings. The number of fused-ring (bicyclic) bond motifs is 1. The number of carbonyl (C=O) groups excluding carboxylic acids is 3. The van der Waals surface area contributed by atoms with Gasteiger partial charge >= 0.3 is 5.97 Å². The van der Waals surface area contributed by atoms with E-state index in [-0.39, 0.29) is 43.7 Å². The van der Waals surface area contributed by atoms with Gasteiger partial charge in [0.15, 0.2) is 0 Å². The maximum absolute atomic E-state index is 13.1. The molecule has 2 aromatic rings. The number of rotatable bonds is 5. The van der Waals surface area contributed by atoms with E-state index >= 15 is 0 Å². The molecule has 2 aromatic carbocycles. The molecule has 1 heterocycles. The van der Waals surface area contributed by atoms with Crippen LogP contribution in [0.5, 0.6) is 0 Å². The second-order valence-electron chi connectivity index (χ2n) is 6.99. The van der Waals surface area contributed by atoms with Crippen molar-refractivity contribution < 1.29 is 23.5 Å². The van der Waals surface area contributed by atoms with Crippen molar-refractivity contribution in [2.24, 2.45) is 0 Å². The van der Waals surface area contributed by atoms with Crippen molar-refractivity contribution in [1.29, 1.82) is 0 Å². The molecule has 0 aliphatic carbocycles. The predicted molar refractivity (Wildman–Crippen MR) is 107 cm³/mol. The van der Waals surface area contributed by atoms with E-state index in [2.05, 4.69) is 0 Å². The Bertz CT molecular complexity index is 956. The van der Waals surface area contributed by atoms with E-state index in [1.807, 2.05) is 19.9 Å². The average molecular weight is 398 g/mol. The van der Waals surface area contributed by atoms with Crippen molar-refractivity contribution in [3.05, 3.63) is 58.9 Å². The highest BCUT2D eigenvalue weighted by Crippen LogP contribution is 2.36. The lowest BCUT2D eigenvalue weighted by molar-refractivity contribution is -0.142. The molecule has 1 aliphatic heterocycles. The van der Waals surface area contributed by atoms with E-state index in [0.717, 1.165) is 11.1 Å². The quantitative estimate of drug-likeness (QED) is 0.727. The first-order valence-electron chi connectivity index (χ1n) is 9.42. The first-order valence-corrected chi connectivity index (χ1v) is 9.42. The molecule has 2 amide bonds. The Morgan fingerprint density at radius 3 is 2.31 bits per heavy atom. The minimum atomic E-state index is -0.504. The molecular formula is C22H23FN2O4. The van der Waals surface area contributed by atoms with Crippen LogP contribution in [0.25, 0.3) is 0 Å². The summed E-state index contributed by atoms with van der Waals surface area (Å²) in [7, 11) is 0. The maximum Gasteiger partial charge on any atom is 0.326 e. The number of benzene rings is 2. The van der Waals surface area contributed by atoms with E-state index in [0.29, 0.717) is 16.9 Å². The number of nitrogens with zero attached hydrogens (tertiary/aromatic N) is 2. The fourth-order valence-corrected chi connectivity index (χ4v) is 3.26. The second-order valence-corrected chi connectivity index (χ2v) is 6.99. The molecule has 0 spiro atoms. The fourth-order valence-electron chi connectivity index (χ4n) is 3.26. The largest absolute Gasteiger partial charge is 0.465 e. The van der Waals surface area contributed by atoms with Gasteiger partial charge in [-0.05, 0) is 61.7 Å². The lowest BCUT2D eigenvalue weighted by atomic mass is 10.0. The van der Waals surface area contributed by atoms with Gasteiger partial charge in [-0.2, -0.15) is 0 Å². The van der Waals surface area contributed by atoms with E-state index < -0.39 is 5.97 Å². The molecule has 0 unspecified atom stereocenters. The third-order valence-corrected chi connectivity index (χ3v) is 4.93. The zero-order valence-corrected chi connectivity index (χ0v) is 16.7. The Morgan fingerprint density at radius 2 is 1.69 bits per heavy atom. The zero-order valence-electron chi connectivity index (χ0n) is 16.7. The van der Waals surface area contributed by atoms with Crippen molar-refractivity contribution in [3.8, 4) is 0 Å². The maximum atomic E-state index is 13.1. The first-order chi connectivity index (χ1) is 13.8. The zero-order chi connectivity index (χ0) is 21.1.